The molecule has 2 aromatic carbocycles. The molecule has 0 radical (unpaired) electrons. The number of tetrazole rings is 1. The van der Waals surface area contributed by atoms with Crippen LogP contribution in [0.1, 0.15) is 29.5 Å². The topological polar surface area (TPSA) is 82.5 Å². The van der Waals surface area contributed by atoms with E-state index in [1.54, 1.807) is 4.68 Å². The Balaban J connectivity index is 1.48. The summed E-state index contributed by atoms with van der Waals surface area (Å²) in [6, 6.07) is 14.3. The molecule has 0 bridgehead atoms. The summed E-state index contributed by atoms with van der Waals surface area (Å²) in [5, 5.41) is 16.8. The average molecular weight is 392 g/mol. The molecular formula is C20H20N6OS. The Labute approximate surface area is 167 Å². The molecule has 0 amide bonds. The first-order chi connectivity index (χ1) is 13.6. The van der Waals surface area contributed by atoms with E-state index < -0.39 is 0 Å². The number of hydrogen-bond acceptors (Lipinski definition) is 7. The number of nitrogens with zero attached hydrogens (tertiary/aromatic N) is 6. The fourth-order valence-electron chi connectivity index (χ4n) is 2.73. The van der Waals surface area contributed by atoms with Crippen LogP contribution in [0.5, 0.6) is 0 Å². The molecule has 0 N–H and O–H groups in total. The van der Waals surface area contributed by atoms with Crippen LogP contribution in [0.15, 0.2) is 52.1 Å². The third kappa shape index (κ3) is 3.82. The van der Waals surface area contributed by atoms with Crippen molar-refractivity contribution in [1.82, 2.24) is 30.3 Å². The van der Waals surface area contributed by atoms with Gasteiger partial charge in [-0.05, 0) is 59.5 Å². The Morgan fingerprint density at radius 2 is 1.86 bits per heavy atom. The van der Waals surface area contributed by atoms with E-state index in [2.05, 4.69) is 70.7 Å². The Hall–Kier alpha value is -3.00. The van der Waals surface area contributed by atoms with Crippen LogP contribution in [-0.2, 0) is 12.2 Å². The second-order valence-electron chi connectivity index (χ2n) is 6.49. The van der Waals surface area contributed by atoms with Crippen molar-refractivity contribution < 1.29 is 4.52 Å². The van der Waals surface area contributed by atoms with E-state index in [1.807, 2.05) is 18.2 Å². The maximum Gasteiger partial charge on any atom is 0.237 e. The highest BCUT2D eigenvalue weighted by Gasteiger charge is 2.14. The zero-order valence-electron chi connectivity index (χ0n) is 16.0. The second kappa shape index (κ2) is 7.93. The largest absolute Gasteiger partial charge is 0.338 e. The van der Waals surface area contributed by atoms with Crippen LogP contribution < -0.4 is 0 Å². The van der Waals surface area contributed by atoms with Gasteiger partial charge in [-0.2, -0.15) is 9.67 Å². The molecule has 0 aliphatic rings. The van der Waals surface area contributed by atoms with E-state index in [-0.39, 0.29) is 0 Å². The van der Waals surface area contributed by atoms with Crippen molar-refractivity contribution in [1.29, 1.82) is 0 Å². The molecule has 4 aromatic rings. The molecule has 28 heavy (non-hydrogen) atoms. The molecule has 4 rings (SSSR count). The van der Waals surface area contributed by atoms with Crippen LogP contribution in [0, 0.1) is 13.8 Å². The van der Waals surface area contributed by atoms with E-state index in [4.69, 9.17) is 4.52 Å². The summed E-state index contributed by atoms with van der Waals surface area (Å²) in [5.74, 6) is 1.62. The molecular weight excluding hydrogens is 372 g/mol. The van der Waals surface area contributed by atoms with Crippen molar-refractivity contribution in [3.63, 3.8) is 0 Å². The predicted molar refractivity (Wildman–Crippen MR) is 107 cm³/mol. The van der Waals surface area contributed by atoms with Gasteiger partial charge < -0.3 is 4.52 Å². The summed E-state index contributed by atoms with van der Waals surface area (Å²) in [4.78, 5) is 4.49. The number of aryl methyl sites for hydroxylation is 3. The monoisotopic (exact) mass is 392 g/mol. The minimum Gasteiger partial charge on any atom is -0.338 e. The summed E-state index contributed by atoms with van der Waals surface area (Å²) in [6.45, 7) is 6.28. The molecule has 2 heterocycles. The summed E-state index contributed by atoms with van der Waals surface area (Å²) in [7, 11) is 0. The lowest BCUT2D eigenvalue weighted by molar-refractivity contribution is 0.391. The van der Waals surface area contributed by atoms with Crippen LogP contribution in [0.2, 0.25) is 0 Å². The molecule has 0 aliphatic heterocycles. The van der Waals surface area contributed by atoms with Crippen LogP contribution in [-0.4, -0.2) is 30.3 Å². The number of hydrogen-bond donors (Lipinski definition) is 0. The molecule has 142 valence electrons. The van der Waals surface area contributed by atoms with Gasteiger partial charge in [0.15, 0.2) is 0 Å². The van der Waals surface area contributed by atoms with Crippen LogP contribution in [0.25, 0.3) is 17.1 Å². The third-order valence-electron chi connectivity index (χ3n) is 4.59. The van der Waals surface area contributed by atoms with Gasteiger partial charge in [0.05, 0.1) is 11.4 Å². The van der Waals surface area contributed by atoms with Gasteiger partial charge in [0.2, 0.25) is 16.9 Å². The highest BCUT2D eigenvalue weighted by Crippen LogP contribution is 2.24. The number of rotatable bonds is 6. The lowest BCUT2D eigenvalue weighted by Gasteiger charge is -2.06. The third-order valence-corrected chi connectivity index (χ3v) is 5.49. The molecule has 0 unspecified atom stereocenters. The first-order valence-corrected chi connectivity index (χ1v) is 10.0. The Morgan fingerprint density at radius 1 is 1.04 bits per heavy atom. The molecule has 0 saturated heterocycles. The quantitative estimate of drug-likeness (QED) is 0.455. The number of aromatic nitrogens is 6. The second-order valence-corrected chi connectivity index (χ2v) is 7.44. The van der Waals surface area contributed by atoms with Crippen molar-refractivity contribution in [2.24, 2.45) is 0 Å². The number of benzene rings is 2. The zero-order valence-corrected chi connectivity index (χ0v) is 16.8. The Bertz CT molecular complexity index is 1090. The summed E-state index contributed by atoms with van der Waals surface area (Å²) >= 11 is 1.46. The van der Waals surface area contributed by atoms with Crippen molar-refractivity contribution in [3.05, 3.63) is 65.0 Å². The van der Waals surface area contributed by atoms with Crippen molar-refractivity contribution in [2.45, 2.75) is 38.1 Å². The van der Waals surface area contributed by atoms with E-state index in [1.165, 1.54) is 28.5 Å². The van der Waals surface area contributed by atoms with Gasteiger partial charge in [-0.15, -0.1) is 5.10 Å². The zero-order chi connectivity index (χ0) is 19.5. The van der Waals surface area contributed by atoms with E-state index in [0.29, 0.717) is 22.6 Å². The molecule has 0 saturated carbocycles. The number of thioether (sulfide) groups is 1. The van der Waals surface area contributed by atoms with Crippen LogP contribution in [0.4, 0.5) is 0 Å². The first-order valence-electron chi connectivity index (χ1n) is 9.04. The molecule has 7 nitrogen and oxygen atoms in total. The SMILES string of the molecule is CCc1ccc(-c2noc(CSc3nnnn3-c3ccc(C)c(C)c3)n2)cc1. The van der Waals surface area contributed by atoms with Gasteiger partial charge in [0, 0.05) is 5.56 Å². The van der Waals surface area contributed by atoms with Crippen molar-refractivity contribution in [2.75, 3.05) is 0 Å². The maximum atomic E-state index is 5.39. The van der Waals surface area contributed by atoms with Gasteiger partial charge in [-0.25, -0.2) is 0 Å². The molecule has 8 heteroatoms. The molecule has 0 atom stereocenters. The van der Waals surface area contributed by atoms with Gasteiger partial charge in [0.25, 0.3) is 0 Å². The lowest BCUT2D eigenvalue weighted by atomic mass is 10.1. The van der Waals surface area contributed by atoms with Crippen LogP contribution >= 0.6 is 11.8 Å². The summed E-state index contributed by atoms with van der Waals surface area (Å²) < 4.78 is 7.11. The average Bonchev–Trinajstić information content (AvgIpc) is 3.38. The summed E-state index contributed by atoms with van der Waals surface area (Å²) in [6.07, 6.45) is 1.00. The van der Waals surface area contributed by atoms with Gasteiger partial charge in [0.1, 0.15) is 0 Å². The van der Waals surface area contributed by atoms with Crippen molar-refractivity contribution >= 4 is 11.8 Å². The van der Waals surface area contributed by atoms with Gasteiger partial charge in [-0.1, -0.05) is 54.2 Å². The Morgan fingerprint density at radius 3 is 2.61 bits per heavy atom. The minimum atomic E-state index is 0.491. The molecule has 0 spiro atoms. The van der Waals surface area contributed by atoms with Gasteiger partial charge >= 0.3 is 0 Å². The predicted octanol–water partition coefficient (Wildman–Crippen LogP) is 4.18. The van der Waals surface area contributed by atoms with Gasteiger partial charge in [-0.3, -0.25) is 0 Å². The summed E-state index contributed by atoms with van der Waals surface area (Å²) in [5.41, 5.74) is 5.58. The van der Waals surface area contributed by atoms with E-state index in [9.17, 15) is 0 Å². The van der Waals surface area contributed by atoms with Crippen LogP contribution in [0.3, 0.4) is 0 Å². The van der Waals surface area contributed by atoms with E-state index in [0.717, 1.165) is 17.7 Å². The van der Waals surface area contributed by atoms with Crippen molar-refractivity contribution in [3.8, 4) is 17.1 Å². The maximum absolute atomic E-state index is 5.39. The highest BCUT2D eigenvalue weighted by molar-refractivity contribution is 7.98. The molecule has 2 aromatic heterocycles. The minimum absolute atomic E-state index is 0.491. The normalized spacial score (nSPS) is 11.1. The highest BCUT2D eigenvalue weighted by atomic mass is 32.2. The smallest absolute Gasteiger partial charge is 0.237 e. The standard InChI is InChI=1S/C20H20N6OS/c1-4-15-6-8-16(9-7-15)19-21-18(27-23-19)12-28-20-22-24-25-26(20)17-10-5-13(2)14(3)11-17/h5-11H,4,12H2,1-3H3. The first kappa shape index (κ1) is 18.4. The molecule has 0 aliphatic carbocycles. The fraction of sp³-hybridized carbons (Fsp3) is 0.250. The lowest BCUT2D eigenvalue weighted by Crippen LogP contribution is -2.00. The van der Waals surface area contributed by atoms with E-state index >= 15 is 0 Å². The fourth-order valence-corrected chi connectivity index (χ4v) is 3.46. The molecule has 0 fully saturated rings. The Kier molecular flexibility index (Phi) is 5.21.